The highest BCUT2D eigenvalue weighted by Gasteiger charge is 2.26. The van der Waals surface area contributed by atoms with Crippen molar-refractivity contribution in [2.75, 3.05) is 10.5 Å². The fourth-order valence-electron chi connectivity index (χ4n) is 3.44. The topological polar surface area (TPSA) is 136 Å². The van der Waals surface area contributed by atoms with Crippen molar-refractivity contribution in [2.24, 2.45) is 5.92 Å². The molecule has 1 heterocycles. The minimum atomic E-state index is -3.79. The lowest BCUT2D eigenvalue weighted by Crippen LogP contribution is -2.47. The molecule has 182 valence electrons. The molecule has 0 spiro atoms. The molecule has 2 aromatic carbocycles. The molecule has 0 aliphatic rings. The molecule has 0 radical (unpaired) electrons. The molecule has 1 amide bonds. The lowest BCUT2D eigenvalue weighted by Gasteiger charge is -2.19. The summed E-state index contributed by atoms with van der Waals surface area (Å²) in [6, 6.07) is 11.6. The molecule has 8 nitrogen and oxygen atoms in total. The number of thioether (sulfide) groups is 1. The highest BCUT2D eigenvalue weighted by atomic mass is 32.2. The second-order valence-electron chi connectivity index (χ2n) is 8.17. The average molecular weight is 522 g/mol. The molecule has 0 fully saturated rings. The summed E-state index contributed by atoms with van der Waals surface area (Å²) in [5.41, 5.74) is 0.328. The number of sulfonamides is 1. The molecule has 3 rings (SSSR count). The largest absolute Gasteiger partial charge is 0.506 e. The number of nitrogens with one attached hydrogen (secondary N) is 2. The maximum atomic E-state index is 12.8. The zero-order valence-electron chi connectivity index (χ0n) is 18.8. The van der Waals surface area contributed by atoms with Crippen molar-refractivity contribution in [3.63, 3.8) is 0 Å². The van der Waals surface area contributed by atoms with Gasteiger partial charge in [-0.05, 0) is 29.9 Å². The Morgan fingerprint density at radius 2 is 1.85 bits per heavy atom. The molecule has 0 aliphatic carbocycles. The number of carbonyl (C=O) groups is 1. The third-order valence-corrected chi connectivity index (χ3v) is 8.80. The first kappa shape index (κ1) is 26.4. The summed E-state index contributed by atoms with van der Waals surface area (Å²) in [5.74, 6) is -0.629. The van der Waals surface area contributed by atoms with Crippen molar-refractivity contribution in [3.05, 3.63) is 47.8 Å². The number of hydrogen-bond donors (Lipinski definition) is 5. The van der Waals surface area contributed by atoms with Crippen molar-refractivity contribution in [1.29, 1.82) is 0 Å². The van der Waals surface area contributed by atoms with Crippen LogP contribution in [-0.2, 0) is 14.8 Å². The Morgan fingerprint density at radius 1 is 1.15 bits per heavy atom. The number of fused-ring (bicyclic) bond motifs is 1. The summed E-state index contributed by atoms with van der Waals surface area (Å²) >= 11 is 2.31. The molecule has 0 bridgehead atoms. The van der Waals surface area contributed by atoms with Crippen LogP contribution in [0.4, 0.5) is 5.69 Å². The molecule has 0 unspecified atom stereocenters. The lowest BCUT2D eigenvalue weighted by molar-refractivity contribution is -0.121. The second kappa shape index (κ2) is 11.5. The Kier molecular flexibility index (Phi) is 8.88. The SMILES string of the molecule is CC(C)C[C@H](NC(=O)CCSc1cc(NS(=O)(=O)c2cccs2)c2ccccc2c1O)B(O)O. The Morgan fingerprint density at radius 3 is 2.47 bits per heavy atom. The fourth-order valence-corrected chi connectivity index (χ4v) is 6.45. The number of rotatable bonds is 11. The number of amides is 1. The first-order chi connectivity index (χ1) is 16.1. The summed E-state index contributed by atoms with van der Waals surface area (Å²) in [6.07, 6.45) is 0.504. The molecule has 0 saturated heterocycles. The van der Waals surface area contributed by atoms with Crippen LogP contribution in [0.5, 0.6) is 5.75 Å². The van der Waals surface area contributed by atoms with Crippen LogP contribution in [0.15, 0.2) is 56.9 Å². The Bertz CT molecular complexity index is 1230. The molecule has 5 N–H and O–H groups in total. The number of aromatic hydroxyl groups is 1. The van der Waals surface area contributed by atoms with E-state index < -0.39 is 23.1 Å². The van der Waals surface area contributed by atoms with E-state index >= 15 is 0 Å². The minimum absolute atomic E-state index is 0.00328. The molecule has 3 aromatic rings. The van der Waals surface area contributed by atoms with Gasteiger partial charge >= 0.3 is 7.12 Å². The predicted octanol–water partition coefficient (Wildman–Crippen LogP) is 3.43. The Balaban J connectivity index is 1.77. The quantitative estimate of drug-likeness (QED) is 0.148. The van der Waals surface area contributed by atoms with Crippen molar-refractivity contribution < 1.29 is 28.4 Å². The summed E-state index contributed by atoms with van der Waals surface area (Å²) in [7, 11) is -5.44. The molecule has 1 atom stereocenters. The first-order valence-corrected chi connectivity index (χ1v) is 14.0. The number of phenolic OH excluding ortho intramolecular Hbond substituents is 1. The minimum Gasteiger partial charge on any atom is -0.506 e. The van der Waals surface area contributed by atoms with Gasteiger partial charge in [-0.15, -0.1) is 23.1 Å². The Labute approximate surface area is 207 Å². The number of hydrogen-bond acceptors (Lipinski definition) is 8. The van der Waals surface area contributed by atoms with Gasteiger partial charge in [-0.25, -0.2) is 8.42 Å². The summed E-state index contributed by atoms with van der Waals surface area (Å²) in [5, 5.41) is 35.1. The van der Waals surface area contributed by atoms with Gasteiger partial charge in [0.15, 0.2) is 0 Å². The number of benzene rings is 2. The smallest absolute Gasteiger partial charge is 0.475 e. The van der Waals surface area contributed by atoms with Gasteiger partial charge in [0.05, 0.1) is 16.5 Å². The molecule has 12 heteroatoms. The molecule has 0 saturated carbocycles. The van der Waals surface area contributed by atoms with E-state index in [2.05, 4.69) is 10.0 Å². The zero-order valence-corrected chi connectivity index (χ0v) is 21.2. The van der Waals surface area contributed by atoms with Gasteiger partial charge in [-0.1, -0.05) is 44.2 Å². The monoisotopic (exact) mass is 522 g/mol. The predicted molar refractivity (Wildman–Crippen MR) is 138 cm³/mol. The van der Waals surface area contributed by atoms with E-state index in [1.165, 1.54) is 17.8 Å². The van der Waals surface area contributed by atoms with Gasteiger partial charge in [0, 0.05) is 22.9 Å². The van der Waals surface area contributed by atoms with Gasteiger partial charge in [0.25, 0.3) is 10.0 Å². The van der Waals surface area contributed by atoms with Crippen molar-refractivity contribution in [3.8, 4) is 5.75 Å². The molecule has 1 aromatic heterocycles. The van der Waals surface area contributed by atoms with Gasteiger partial charge in [0.2, 0.25) is 5.91 Å². The van der Waals surface area contributed by atoms with Crippen LogP contribution in [0.25, 0.3) is 10.8 Å². The zero-order chi connectivity index (χ0) is 24.9. The summed E-state index contributed by atoms with van der Waals surface area (Å²) in [4.78, 5) is 12.7. The fraction of sp³-hybridized carbons (Fsp3) is 0.318. The third-order valence-electron chi connectivity index (χ3n) is 5.00. The van der Waals surface area contributed by atoms with Crippen molar-refractivity contribution >= 4 is 62.6 Å². The summed E-state index contributed by atoms with van der Waals surface area (Å²) < 4.78 is 28.3. The maximum Gasteiger partial charge on any atom is 0.475 e. The van der Waals surface area contributed by atoms with E-state index in [9.17, 15) is 28.4 Å². The van der Waals surface area contributed by atoms with E-state index in [-0.39, 0.29) is 28.2 Å². The van der Waals surface area contributed by atoms with Crippen LogP contribution in [0.2, 0.25) is 0 Å². The normalized spacial score (nSPS) is 12.6. The molecule has 34 heavy (non-hydrogen) atoms. The van der Waals surface area contributed by atoms with Crippen LogP contribution in [0, 0.1) is 5.92 Å². The van der Waals surface area contributed by atoms with Crippen LogP contribution in [-0.4, -0.2) is 48.3 Å². The van der Waals surface area contributed by atoms with Crippen molar-refractivity contribution in [1.82, 2.24) is 5.32 Å². The van der Waals surface area contributed by atoms with E-state index in [1.807, 2.05) is 13.8 Å². The van der Waals surface area contributed by atoms with Crippen molar-refractivity contribution in [2.45, 2.75) is 41.7 Å². The van der Waals surface area contributed by atoms with E-state index in [0.29, 0.717) is 33.5 Å². The van der Waals surface area contributed by atoms with E-state index in [4.69, 9.17) is 0 Å². The highest BCUT2D eigenvalue weighted by molar-refractivity contribution is 7.99. The van der Waals surface area contributed by atoms with Gasteiger partial charge in [-0.3, -0.25) is 9.52 Å². The third kappa shape index (κ3) is 6.67. The Hall–Kier alpha value is -2.25. The van der Waals surface area contributed by atoms with Crippen LogP contribution in [0.3, 0.4) is 0 Å². The van der Waals surface area contributed by atoms with Crippen LogP contribution in [0.1, 0.15) is 26.7 Å². The lowest BCUT2D eigenvalue weighted by atomic mass is 9.75. The van der Waals surface area contributed by atoms with Crippen LogP contribution >= 0.6 is 23.1 Å². The second-order valence-corrected chi connectivity index (χ2v) is 12.2. The number of carbonyl (C=O) groups excluding carboxylic acids is 1. The van der Waals surface area contributed by atoms with E-state index in [0.717, 1.165) is 11.3 Å². The number of anilines is 1. The molecule has 0 aliphatic heterocycles. The first-order valence-electron chi connectivity index (χ1n) is 10.7. The standard InChI is InChI=1S/C22H27BN2O6S3/c1-14(2)12-19(23(28)29)24-20(26)9-11-32-18-13-17(15-6-3-4-7-16(15)22(18)27)25-34(30,31)21-8-5-10-33-21/h3-8,10,13-14,19,25,27-29H,9,11-12H2,1-2H3,(H,24,26)/t19-/m0/s1. The molecular weight excluding hydrogens is 495 g/mol. The maximum absolute atomic E-state index is 12.8. The van der Waals surface area contributed by atoms with Crippen LogP contribution < -0.4 is 10.0 Å². The summed E-state index contributed by atoms with van der Waals surface area (Å²) in [6.45, 7) is 3.84. The number of phenols is 1. The van der Waals surface area contributed by atoms with E-state index in [1.54, 1.807) is 41.8 Å². The van der Waals surface area contributed by atoms with Gasteiger partial charge < -0.3 is 20.5 Å². The van der Waals surface area contributed by atoms with Gasteiger partial charge in [-0.2, -0.15) is 0 Å². The average Bonchev–Trinajstić information content (AvgIpc) is 3.32. The highest BCUT2D eigenvalue weighted by Crippen LogP contribution is 2.40. The molecular formula is C22H27BN2O6S3. The number of thiophene rings is 1. The van der Waals surface area contributed by atoms with Gasteiger partial charge in [0.1, 0.15) is 9.96 Å².